The maximum absolute atomic E-state index is 2.31. The van der Waals surface area contributed by atoms with E-state index < -0.39 is 0 Å². The lowest BCUT2D eigenvalue weighted by Crippen LogP contribution is -2.05. The van der Waals surface area contributed by atoms with Gasteiger partial charge in [-0.2, -0.15) is 0 Å². The van der Waals surface area contributed by atoms with Crippen LogP contribution in [0, 0.1) is 0 Å². The van der Waals surface area contributed by atoms with Gasteiger partial charge in [-0.3, -0.25) is 0 Å². The second-order valence-electron chi connectivity index (χ2n) is 2.57. The van der Waals surface area contributed by atoms with E-state index >= 15 is 0 Å². The zero-order valence-electron chi connectivity index (χ0n) is 6.81. The van der Waals surface area contributed by atoms with Crippen molar-refractivity contribution in [3.05, 3.63) is 9.81 Å². The minimum atomic E-state index is 0.823. The maximum Gasteiger partial charge on any atom is 0.0157 e. The standard InChI is InChI=1S/C8H14S2/c1-4-8-7(3)9-5-6(2)10-8/h6H,4-5H2,1-3H3. The summed E-state index contributed by atoms with van der Waals surface area (Å²) in [4.78, 5) is 3.15. The molecular formula is C8H14S2. The molecule has 0 saturated carbocycles. The van der Waals surface area contributed by atoms with Crippen LogP contribution in [0.25, 0.3) is 0 Å². The summed E-state index contributed by atoms with van der Waals surface area (Å²) in [6.45, 7) is 6.78. The summed E-state index contributed by atoms with van der Waals surface area (Å²) in [7, 11) is 0. The molecule has 1 unspecified atom stereocenters. The molecule has 0 fully saturated rings. The second kappa shape index (κ2) is 3.72. The molecule has 0 aromatic rings. The summed E-state index contributed by atoms with van der Waals surface area (Å²) >= 11 is 4.07. The van der Waals surface area contributed by atoms with E-state index in [0.717, 1.165) is 5.25 Å². The van der Waals surface area contributed by atoms with Crippen LogP contribution < -0.4 is 0 Å². The molecule has 58 valence electrons. The van der Waals surface area contributed by atoms with Gasteiger partial charge in [0.25, 0.3) is 0 Å². The zero-order valence-corrected chi connectivity index (χ0v) is 8.44. The number of thioether (sulfide) groups is 2. The lowest BCUT2D eigenvalue weighted by Gasteiger charge is -2.20. The lowest BCUT2D eigenvalue weighted by atomic mass is 10.4. The van der Waals surface area contributed by atoms with Crippen LogP contribution in [-0.4, -0.2) is 11.0 Å². The van der Waals surface area contributed by atoms with Crippen molar-refractivity contribution in [2.24, 2.45) is 0 Å². The van der Waals surface area contributed by atoms with Gasteiger partial charge >= 0.3 is 0 Å². The number of allylic oxidation sites excluding steroid dienone is 2. The van der Waals surface area contributed by atoms with Crippen molar-refractivity contribution >= 4 is 23.5 Å². The van der Waals surface area contributed by atoms with Crippen molar-refractivity contribution in [2.75, 3.05) is 5.75 Å². The molecule has 1 aliphatic rings. The van der Waals surface area contributed by atoms with Gasteiger partial charge in [0, 0.05) is 11.0 Å². The Morgan fingerprint density at radius 2 is 2.30 bits per heavy atom. The van der Waals surface area contributed by atoms with Gasteiger partial charge in [0.15, 0.2) is 0 Å². The first-order valence-corrected chi connectivity index (χ1v) is 5.59. The summed E-state index contributed by atoms with van der Waals surface area (Å²) < 4.78 is 0. The minimum Gasteiger partial charge on any atom is -0.129 e. The molecule has 10 heavy (non-hydrogen) atoms. The highest BCUT2D eigenvalue weighted by atomic mass is 32.2. The fourth-order valence-electron chi connectivity index (χ4n) is 1.01. The molecule has 1 atom stereocenters. The van der Waals surface area contributed by atoms with Crippen molar-refractivity contribution in [3.63, 3.8) is 0 Å². The Morgan fingerprint density at radius 1 is 1.60 bits per heavy atom. The zero-order chi connectivity index (χ0) is 7.56. The van der Waals surface area contributed by atoms with Crippen molar-refractivity contribution in [3.8, 4) is 0 Å². The molecule has 0 aliphatic carbocycles. The third-order valence-corrected chi connectivity index (χ3v) is 4.73. The van der Waals surface area contributed by atoms with Crippen LogP contribution in [-0.2, 0) is 0 Å². The molecule has 0 nitrogen and oxygen atoms in total. The molecule has 1 rings (SSSR count). The highest BCUT2D eigenvalue weighted by molar-refractivity contribution is 8.10. The SMILES string of the molecule is CCC1=C(C)SCC(C)S1. The van der Waals surface area contributed by atoms with Crippen LogP contribution in [0.15, 0.2) is 9.81 Å². The Bertz CT molecular complexity index is 149. The Morgan fingerprint density at radius 3 is 2.80 bits per heavy atom. The van der Waals surface area contributed by atoms with Crippen LogP contribution in [0.1, 0.15) is 27.2 Å². The molecule has 1 aliphatic heterocycles. The van der Waals surface area contributed by atoms with E-state index in [4.69, 9.17) is 0 Å². The van der Waals surface area contributed by atoms with Gasteiger partial charge in [0.2, 0.25) is 0 Å². The quantitative estimate of drug-likeness (QED) is 0.597. The molecule has 1 heterocycles. The molecule has 0 bridgehead atoms. The van der Waals surface area contributed by atoms with Crippen LogP contribution in [0.3, 0.4) is 0 Å². The third kappa shape index (κ3) is 1.96. The molecule has 0 radical (unpaired) electrons. The molecule has 0 N–H and O–H groups in total. The first kappa shape index (κ1) is 8.54. The van der Waals surface area contributed by atoms with E-state index in [9.17, 15) is 0 Å². The predicted molar refractivity (Wildman–Crippen MR) is 52.5 cm³/mol. The predicted octanol–water partition coefficient (Wildman–Crippen LogP) is 3.50. The lowest BCUT2D eigenvalue weighted by molar-refractivity contribution is 1.10. The molecule has 0 spiro atoms. The van der Waals surface area contributed by atoms with Gasteiger partial charge in [-0.05, 0) is 23.2 Å². The van der Waals surface area contributed by atoms with Crippen LogP contribution in [0.2, 0.25) is 0 Å². The molecular weight excluding hydrogens is 160 g/mol. The highest BCUT2D eigenvalue weighted by Gasteiger charge is 2.14. The van der Waals surface area contributed by atoms with Crippen molar-refractivity contribution < 1.29 is 0 Å². The minimum absolute atomic E-state index is 0.823. The summed E-state index contributed by atoms with van der Waals surface area (Å²) in [5.41, 5.74) is 0. The van der Waals surface area contributed by atoms with Crippen molar-refractivity contribution in [2.45, 2.75) is 32.4 Å². The summed E-state index contributed by atoms with van der Waals surface area (Å²) in [6, 6.07) is 0. The van der Waals surface area contributed by atoms with E-state index in [-0.39, 0.29) is 0 Å². The number of hydrogen-bond donors (Lipinski definition) is 0. The van der Waals surface area contributed by atoms with Gasteiger partial charge in [-0.25, -0.2) is 0 Å². The Hall–Kier alpha value is 0.440. The van der Waals surface area contributed by atoms with Gasteiger partial charge in [0.1, 0.15) is 0 Å². The Labute approximate surface area is 71.8 Å². The normalized spacial score (nSPS) is 27.3. The summed E-state index contributed by atoms with van der Waals surface area (Å²) in [5.74, 6) is 1.29. The summed E-state index contributed by atoms with van der Waals surface area (Å²) in [6.07, 6.45) is 1.22. The smallest absolute Gasteiger partial charge is 0.0157 e. The molecule has 0 aromatic carbocycles. The fourth-order valence-corrected chi connectivity index (χ4v) is 3.42. The van der Waals surface area contributed by atoms with Gasteiger partial charge in [-0.1, -0.05) is 13.8 Å². The molecule has 2 heteroatoms. The first-order valence-electron chi connectivity index (χ1n) is 3.73. The van der Waals surface area contributed by atoms with E-state index in [1.165, 1.54) is 12.2 Å². The Kier molecular flexibility index (Phi) is 3.18. The third-order valence-electron chi connectivity index (χ3n) is 1.59. The van der Waals surface area contributed by atoms with Gasteiger partial charge in [0.05, 0.1) is 0 Å². The molecule has 0 amide bonds. The second-order valence-corrected chi connectivity index (χ2v) is 5.34. The van der Waals surface area contributed by atoms with E-state index in [2.05, 4.69) is 32.5 Å². The molecule has 0 aromatic heterocycles. The topological polar surface area (TPSA) is 0 Å². The average molecular weight is 174 g/mol. The monoisotopic (exact) mass is 174 g/mol. The largest absolute Gasteiger partial charge is 0.129 e. The fraction of sp³-hybridized carbons (Fsp3) is 0.750. The average Bonchev–Trinajstić information content (AvgIpc) is 1.94. The van der Waals surface area contributed by atoms with Crippen molar-refractivity contribution in [1.29, 1.82) is 0 Å². The van der Waals surface area contributed by atoms with Gasteiger partial charge in [-0.15, -0.1) is 23.5 Å². The number of hydrogen-bond acceptors (Lipinski definition) is 2. The van der Waals surface area contributed by atoms with E-state index in [1.54, 1.807) is 9.81 Å². The number of rotatable bonds is 1. The van der Waals surface area contributed by atoms with Crippen LogP contribution >= 0.6 is 23.5 Å². The van der Waals surface area contributed by atoms with Crippen LogP contribution in [0.5, 0.6) is 0 Å². The van der Waals surface area contributed by atoms with Gasteiger partial charge < -0.3 is 0 Å². The molecule has 0 saturated heterocycles. The maximum atomic E-state index is 2.31. The first-order chi connectivity index (χ1) is 4.74. The van der Waals surface area contributed by atoms with E-state index in [1.807, 2.05) is 11.8 Å². The van der Waals surface area contributed by atoms with Crippen molar-refractivity contribution in [1.82, 2.24) is 0 Å². The van der Waals surface area contributed by atoms with E-state index in [0.29, 0.717) is 0 Å². The highest BCUT2D eigenvalue weighted by Crippen LogP contribution is 2.39. The Balaban J connectivity index is 2.62. The van der Waals surface area contributed by atoms with Crippen LogP contribution in [0.4, 0.5) is 0 Å². The summed E-state index contributed by atoms with van der Waals surface area (Å²) in [5, 5.41) is 0.823.